The Balaban J connectivity index is 2.39. The van der Waals surface area contributed by atoms with E-state index in [4.69, 9.17) is 11.5 Å². The maximum atomic E-state index is 11.5. The molecule has 0 unspecified atom stereocenters. The molecule has 9 heteroatoms. The number of hydrogen-bond donors (Lipinski definition) is 2. The largest absolute Gasteiger partial charge is 0.383 e. The second kappa shape index (κ2) is 5.75. The maximum Gasteiger partial charge on any atom is 0.280 e. The van der Waals surface area contributed by atoms with Crippen LogP contribution in [-0.4, -0.2) is 20.7 Å². The quantitative estimate of drug-likeness (QED) is 0.378. The minimum absolute atomic E-state index is 0.0295. The Hall–Kier alpha value is -2.68. The summed E-state index contributed by atoms with van der Waals surface area (Å²) in [7, 11) is 0. The minimum Gasteiger partial charge on any atom is -0.383 e. The van der Waals surface area contributed by atoms with Crippen LogP contribution in [-0.2, 0) is 0 Å². The van der Waals surface area contributed by atoms with Crippen LogP contribution in [0.25, 0.3) is 0 Å². The Bertz CT molecular complexity index is 715. The molecule has 0 saturated heterocycles. The van der Waals surface area contributed by atoms with Crippen LogP contribution in [0, 0.1) is 10.1 Å². The van der Waals surface area contributed by atoms with Gasteiger partial charge >= 0.3 is 0 Å². The van der Waals surface area contributed by atoms with Crippen molar-refractivity contribution in [1.82, 2.24) is 9.97 Å². The van der Waals surface area contributed by atoms with Gasteiger partial charge in [-0.1, -0.05) is 0 Å². The van der Waals surface area contributed by atoms with E-state index in [1.165, 1.54) is 31.2 Å². The lowest BCUT2D eigenvalue weighted by Gasteiger charge is -2.04. The second-order valence-corrected chi connectivity index (χ2v) is 5.14. The zero-order valence-corrected chi connectivity index (χ0v) is 11.8. The summed E-state index contributed by atoms with van der Waals surface area (Å²) in [6, 6.07) is 5.63. The number of nitro benzene ring substituents is 1. The van der Waals surface area contributed by atoms with Crippen molar-refractivity contribution >= 4 is 34.9 Å². The molecule has 8 nitrogen and oxygen atoms in total. The first-order chi connectivity index (χ1) is 9.86. The number of Topliss-reactive ketones (excluding diaryl/α,β-unsaturated/α-hetero) is 1. The molecular formula is C12H11N5O3S. The van der Waals surface area contributed by atoms with Gasteiger partial charge in [-0.05, 0) is 30.8 Å². The molecule has 1 aromatic heterocycles. The number of nitrogens with two attached hydrogens (primary N) is 2. The molecule has 0 atom stereocenters. The molecule has 1 heterocycles. The molecule has 108 valence electrons. The first-order valence-electron chi connectivity index (χ1n) is 5.74. The molecule has 2 aromatic rings. The molecule has 0 aliphatic heterocycles. The third-order valence-electron chi connectivity index (χ3n) is 2.50. The number of nitro groups is 1. The predicted octanol–water partition coefficient (Wildman–Crippen LogP) is 1.90. The van der Waals surface area contributed by atoms with Crippen LogP contribution < -0.4 is 11.5 Å². The molecule has 0 aliphatic carbocycles. The fourth-order valence-electron chi connectivity index (χ4n) is 1.63. The van der Waals surface area contributed by atoms with Crippen molar-refractivity contribution in [3.8, 4) is 0 Å². The third-order valence-corrected chi connectivity index (χ3v) is 3.35. The zero-order chi connectivity index (χ0) is 15.6. The number of anilines is 2. The normalized spacial score (nSPS) is 10.3. The van der Waals surface area contributed by atoms with Crippen LogP contribution in [0.15, 0.2) is 34.3 Å². The lowest BCUT2D eigenvalue weighted by atomic mass is 10.1. The van der Waals surface area contributed by atoms with E-state index in [2.05, 4.69) is 9.97 Å². The molecule has 0 amide bonds. The minimum atomic E-state index is -0.597. The summed E-state index contributed by atoms with van der Waals surface area (Å²) in [5, 5.41) is 11.2. The molecule has 0 bridgehead atoms. The maximum absolute atomic E-state index is 11.5. The van der Waals surface area contributed by atoms with E-state index >= 15 is 0 Å². The number of benzene rings is 1. The summed E-state index contributed by atoms with van der Waals surface area (Å²) in [6.07, 6.45) is 0. The van der Waals surface area contributed by atoms with E-state index in [0.29, 0.717) is 10.1 Å². The highest BCUT2D eigenvalue weighted by molar-refractivity contribution is 7.99. The number of nitrogen functional groups attached to an aromatic ring is 2. The highest BCUT2D eigenvalue weighted by Gasteiger charge is 2.18. The summed E-state index contributed by atoms with van der Waals surface area (Å²) < 4.78 is 0. The molecule has 2 rings (SSSR count). The van der Waals surface area contributed by atoms with E-state index < -0.39 is 10.7 Å². The summed E-state index contributed by atoms with van der Waals surface area (Å²) in [4.78, 5) is 30.3. The highest BCUT2D eigenvalue weighted by Crippen LogP contribution is 2.30. The average Bonchev–Trinajstić information content (AvgIpc) is 2.36. The number of rotatable bonds is 4. The monoisotopic (exact) mass is 305 g/mol. The lowest BCUT2D eigenvalue weighted by molar-refractivity contribution is -0.385. The Morgan fingerprint density at radius 1 is 1.24 bits per heavy atom. The van der Waals surface area contributed by atoms with Crippen LogP contribution in [0.3, 0.4) is 0 Å². The summed E-state index contributed by atoms with van der Waals surface area (Å²) in [5.74, 6) is 0.0505. The number of nitrogens with zero attached hydrogens (tertiary/aromatic N) is 3. The van der Waals surface area contributed by atoms with E-state index in [0.717, 1.165) is 11.8 Å². The molecule has 0 radical (unpaired) electrons. The molecule has 4 N–H and O–H groups in total. The van der Waals surface area contributed by atoms with Crippen molar-refractivity contribution in [2.24, 2.45) is 0 Å². The van der Waals surface area contributed by atoms with Gasteiger partial charge in [0.15, 0.2) is 10.9 Å². The Morgan fingerprint density at radius 3 is 2.38 bits per heavy atom. The molecule has 0 saturated carbocycles. The molecule has 21 heavy (non-hydrogen) atoms. The van der Waals surface area contributed by atoms with Crippen LogP contribution in [0.4, 0.5) is 17.3 Å². The number of hydrogen-bond acceptors (Lipinski definition) is 8. The molecule has 0 spiro atoms. The van der Waals surface area contributed by atoms with Crippen LogP contribution in [0.1, 0.15) is 17.3 Å². The van der Waals surface area contributed by atoms with Crippen molar-refractivity contribution < 1.29 is 9.72 Å². The number of carbonyl (C=O) groups excluding carboxylic acids is 1. The molecule has 0 fully saturated rings. The van der Waals surface area contributed by atoms with Gasteiger partial charge in [0.05, 0.1) is 10.5 Å². The lowest BCUT2D eigenvalue weighted by Crippen LogP contribution is -2.01. The second-order valence-electron chi connectivity index (χ2n) is 4.09. The summed E-state index contributed by atoms with van der Waals surface area (Å²) >= 11 is 1.11. The van der Waals surface area contributed by atoms with E-state index in [-0.39, 0.29) is 22.9 Å². The van der Waals surface area contributed by atoms with Crippen molar-refractivity contribution in [1.29, 1.82) is 0 Å². The molecule has 1 aromatic carbocycles. The van der Waals surface area contributed by atoms with Gasteiger partial charge in [0.1, 0.15) is 11.6 Å². The predicted molar refractivity (Wildman–Crippen MR) is 78.1 cm³/mol. The third kappa shape index (κ3) is 3.45. The highest BCUT2D eigenvalue weighted by atomic mass is 32.2. The summed E-state index contributed by atoms with van der Waals surface area (Å²) in [6.45, 7) is 1.27. The van der Waals surface area contributed by atoms with Gasteiger partial charge < -0.3 is 11.5 Å². The van der Waals surface area contributed by atoms with Gasteiger partial charge in [-0.25, -0.2) is 9.97 Å². The average molecular weight is 305 g/mol. The SMILES string of the molecule is CC(=O)c1cc(Sc2nc(N)cc(N)n2)ccc1[N+](=O)[O-]. The first kappa shape index (κ1) is 14.7. The number of aromatic nitrogens is 2. The Labute approximate surface area is 123 Å². The molecular weight excluding hydrogens is 294 g/mol. The van der Waals surface area contributed by atoms with Crippen LogP contribution in [0.5, 0.6) is 0 Å². The fourth-order valence-corrected chi connectivity index (χ4v) is 2.46. The van der Waals surface area contributed by atoms with E-state index in [1.54, 1.807) is 0 Å². The number of carbonyl (C=O) groups is 1. The van der Waals surface area contributed by atoms with Crippen molar-refractivity contribution in [2.75, 3.05) is 11.5 Å². The van der Waals surface area contributed by atoms with Gasteiger partial charge in [0.25, 0.3) is 5.69 Å². The van der Waals surface area contributed by atoms with Gasteiger partial charge in [0, 0.05) is 17.0 Å². The number of ketones is 1. The van der Waals surface area contributed by atoms with Crippen LogP contribution in [0.2, 0.25) is 0 Å². The standard InChI is InChI=1S/C12H11N5O3S/c1-6(18)8-4-7(2-3-9(8)17(19)20)21-12-15-10(13)5-11(14)16-12/h2-5H,1H3,(H4,13,14,15,16). The fraction of sp³-hybridized carbons (Fsp3) is 0.0833. The Morgan fingerprint density at radius 2 is 1.86 bits per heavy atom. The van der Waals surface area contributed by atoms with Crippen molar-refractivity contribution in [3.63, 3.8) is 0 Å². The first-order valence-corrected chi connectivity index (χ1v) is 6.55. The Kier molecular flexibility index (Phi) is 4.03. The van der Waals surface area contributed by atoms with Gasteiger partial charge in [-0.15, -0.1) is 0 Å². The van der Waals surface area contributed by atoms with Gasteiger partial charge in [-0.2, -0.15) is 0 Å². The molecule has 0 aliphatic rings. The summed E-state index contributed by atoms with van der Waals surface area (Å²) in [5.41, 5.74) is 10.9. The zero-order valence-electron chi connectivity index (χ0n) is 10.9. The van der Waals surface area contributed by atoms with Crippen LogP contribution >= 0.6 is 11.8 Å². The van der Waals surface area contributed by atoms with E-state index in [1.807, 2.05) is 0 Å². The van der Waals surface area contributed by atoms with Crippen molar-refractivity contribution in [2.45, 2.75) is 17.0 Å². The van der Waals surface area contributed by atoms with Crippen molar-refractivity contribution in [3.05, 3.63) is 39.9 Å². The topological polar surface area (TPSA) is 138 Å². The van der Waals surface area contributed by atoms with E-state index in [9.17, 15) is 14.9 Å². The van der Waals surface area contributed by atoms with Gasteiger partial charge in [0.2, 0.25) is 0 Å². The smallest absolute Gasteiger partial charge is 0.280 e. The van der Waals surface area contributed by atoms with Gasteiger partial charge in [-0.3, -0.25) is 14.9 Å².